The molecule has 0 radical (unpaired) electrons. The number of hydrogen-bond donors (Lipinski definition) is 2. The van der Waals surface area contributed by atoms with Gasteiger partial charge in [0, 0.05) is 6.54 Å². The summed E-state index contributed by atoms with van der Waals surface area (Å²) < 4.78 is 27.0. The van der Waals surface area contributed by atoms with E-state index in [1.807, 2.05) is 17.7 Å². The Bertz CT molecular complexity index is 661. The molecule has 0 atom stereocenters. The molecule has 0 spiro atoms. The van der Waals surface area contributed by atoms with Gasteiger partial charge in [0.2, 0.25) is 10.0 Å². The highest BCUT2D eigenvalue weighted by Crippen LogP contribution is 2.15. The van der Waals surface area contributed by atoms with Crippen molar-refractivity contribution < 1.29 is 8.42 Å². The van der Waals surface area contributed by atoms with Gasteiger partial charge in [-0.05, 0) is 59.5 Å². The lowest BCUT2D eigenvalue weighted by atomic mass is 10.2. The van der Waals surface area contributed by atoms with Crippen molar-refractivity contribution in [3.8, 4) is 0 Å². The zero-order valence-electron chi connectivity index (χ0n) is 11.3. The normalized spacial score (nSPS) is 11.7. The summed E-state index contributed by atoms with van der Waals surface area (Å²) in [5.74, 6) is 0. The zero-order valence-corrected chi connectivity index (χ0v) is 12.9. The Kier molecular flexibility index (Phi) is 4.93. The van der Waals surface area contributed by atoms with Crippen LogP contribution in [0.1, 0.15) is 16.7 Å². The maximum Gasteiger partial charge on any atom is 0.240 e. The molecule has 3 N–H and O–H groups in total. The molecule has 1 aromatic heterocycles. The fraction of sp³-hybridized carbons (Fsp3) is 0.286. The van der Waals surface area contributed by atoms with Gasteiger partial charge in [-0.25, -0.2) is 13.1 Å². The predicted octanol–water partition coefficient (Wildman–Crippen LogP) is 2.04. The van der Waals surface area contributed by atoms with Gasteiger partial charge < -0.3 is 5.73 Å². The summed E-state index contributed by atoms with van der Waals surface area (Å²) in [5.41, 5.74) is 8.63. The molecule has 20 heavy (non-hydrogen) atoms. The Hall–Kier alpha value is -1.21. The molecule has 0 saturated heterocycles. The third-order valence-electron chi connectivity index (χ3n) is 3.08. The first-order chi connectivity index (χ1) is 9.53. The largest absolute Gasteiger partial charge is 0.330 e. The number of nitrogens with one attached hydrogen (secondary N) is 1. The third kappa shape index (κ3) is 3.67. The monoisotopic (exact) mass is 310 g/mol. The average Bonchev–Trinajstić information content (AvgIpc) is 2.83. The summed E-state index contributed by atoms with van der Waals surface area (Å²) in [6.45, 7) is 2.85. The second-order valence-electron chi connectivity index (χ2n) is 4.59. The summed E-state index contributed by atoms with van der Waals surface area (Å²) in [7, 11) is -3.46. The molecule has 0 unspecified atom stereocenters. The predicted molar refractivity (Wildman–Crippen MR) is 82.3 cm³/mol. The number of hydrogen-bond acceptors (Lipinski definition) is 4. The fourth-order valence-corrected chi connectivity index (χ4v) is 3.69. The standard InChI is InChI=1S/C14H18N2O2S2/c1-11-9-19-10-13(11)8-16-20(17,18)14-4-2-12(3-5-14)6-7-15/h2-5,9-10,16H,6-8,15H2,1H3. The van der Waals surface area contributed by atoms with Crippen LogP contribution in [0.2, 0.25) is 0 Å². The first-order valence-electron chi connectivity index (χ1n) is 6.33. The maximum atomic E-state index is 12.2. The second kappa shape index (κ2) is 6.49. The lowest BCUT2D eigenvalue weighted by molar-refractivity contribution is 0.581. The van der Waals surface area contributed by atoms with Crippen LogP contribution in [0, 0.1) is 6.92 Å². The first-order valence-corrected chi connectivity index (χ1v) is 8.76. The summed E-state index contributed by atoms with van der Waals surface area (Å²) in [5, 5.41) is 3.97. The van der Waals surface area contributed by atoms with Crippen LogP contribution < -0.4 is 10.5 Å². The number of benzene rings is 1. The van der Waals surface area contributed by atoms with Gasteiger partial charge in [-0.3, -0.25) is 0 Å². The van der Waals surface area contributed by atoms with E-state index in [0.717, 1.165) is 23.1 Å². The van der Waals surface area contributed by atoms with E-state index in [-0.39, 0.29) is 4.90 Å². The lowest BCUT2D eigenvalue weighted by Crippen LogP contribution is -2.23. The SMILES string of the molecule is Cc1cscc1CNS(=O)(=O)c1ccc(CCN)cc1. The van der Waals surface area contributed by atoms with Crippen LogP contribution in [0.25, 0.3) is 0 Å². The molecule has 0 aliphatic heterocycles. The zero-order chi connectivity index (χ0) is 14.6. The van der Waals surface area contributed by atoms with Crippen LogP contribution in [0.5, 0.6) is 0 Å². The molecule has 0 amide bonds. The molecule has 0 bridgehead atoms. The van der Waals surface area contributed by atoms with Gasteiger partial charge in [0.1, 0.15) is 0 Å². The van der Waals surface area contributed by atoms with Gasteiger partial charge in [0.25, 0.3) is 0 Å². The third-order valence-corrected chi connectivity index (χ3v) is 5.41. The molecule has 6 heteroatoms. The average molecular weight is 310 g/mol. The highest BCUT2D eigenvalue weighted by Gasteiger charge is 2.14. The number of nitrogens with two attached hydrogens (primary N) is 1. The minimum atomic E-state index is -3.46. The Morgan fingerprint density at radius 2 is 1.90 bits per heavy atom. The van der Waals surface area contributed by atoms with Gasteiger partial charge in [-0.1, -0.05) is 12.1 Å². The van der Waals surface area contributed by atoms with Crippen LogP contribution in [-0.2, 0) is 23.0 Å². The van der Waals surface area contributed by atoms with Crippen molar-refractivity contribution in [2.45, 2.75) is 24.8 Å². The van der Waals surface area contributed by atoms with Crippen LogP contribution >= 0.6 is 11.3 Å². The number of aryl methyl sites for hydroxylation is 1. The van der Waals surface area contributed by atoms with Crippen molar-refractivity contribution in [3.05, 3.63) is 51.7 Å². The lowest BCUT2D eigenvalue weighted by Gasteiger charge is -2.07. The van der Waals surface area contributed by atoms with Gasteiger partial charge in [0.15, 0.2) is 0 Å². The number of thiophene rings is 1. The molecule has 0 aliphatic carbocycles. The van der Waals surface area contributed by atoms with E-state index >= 15 is 0 Å². The first kappa shape index (κ1) is 15.2. The summed E-state index contributed by atoms with van der Waals surface area (Å²) >= 11 is 1.57. The molecule has 2 rings (SSSR count). The molecule has 2 aromatic rings. The molecular weight excluding hydrogens is 292 g/mol. The minimum absolute atomic E-state index is 0.283. The Morgan fingerprint density at radius 1 is 1.20 bits per heavy atom. The summed E-state index contributed by atoms with van der Waals surface area (Å²) in [6, 6.07) is 6.84. The van der Waals surface area contributed by atoms with Crippen molar-refractivity contribution in [3.63, 3.8) is 0 Å². The number of sulfonamides is 1. The van der Waals surface area contributed by atoms with Crippen LogP contribution in [0.3, 0.4) is 0 Å². The van der Waals surface area contributed by atoms with E-state index in [1.54, 1.807) is 35.6 Å². The summed E-state index contributed by atoms with van der Waals surface area (Å²) in [4.78, 5) is 0.283. The number of rotatable bonds is 6. The molecule has 1 heterocycles. The molecule has 0 fully saturated rings. The van der Waals surface area contributed by atoms with Gasteiger partial charge >= 0.3 is 0 Å². The van der Waals surface area contributed by atoms with Gasteiger partial charge in [-0.2, -0.15) is 11.3 Å². The van der Waals surface area contributed by atoms with E-state index in [2.05, 4.69) is 4.72 Å². The Balaban J connectivity index is 2.08. The molecule has 0 aliphatic rings. The molecular formula is C14H18N2O2S2. The summed E-state index contributed by atoms with van der Waals surface area (Å²) in [6.07, 6.45) is 0.752. The molecule has 4 nitrogen and oxygen atoms in total. The molecule has 0 saturated carbocycles. The Morgan fingerprint density at radius 3 is 2.45 bits per heavy atom. The van der Waals surface area contributed by atoms with E-state index in [1.165, 1.54) is 0 Å². The van der Waals surface area contributed by atoms with Crippen molar-refractivity contribution in [1.29, 1.82) is 0 Å². The highest BCUT2D eigenvalue weighted by molar-refractivity contribution is 7.89. The topological polar surface area (TPSA) is 72.2 Å². The fourth-order valence-electron chi connectivity index (χ4n) is 1.83. The minimum Gasteiger partial charge on any atom is -0.330 e. The van der Waals surface area contributed by atoms with Crippen molar-refractivity contribution in [1.82, 2.24) is 4.72 Å². The van der Waals surface area contributed by atoms with Crippen molar-refractivity contribution >= 4 is 21.4 Å². The maximum absolute atomic E-state index is 12.2. The van der Waals surface area contributed by atoms with Crippen LogP contribution in [0.15, 0.2) is 39.9 Å². The van der Waals surface area contributed by atoms with Crippen molar-refractivity contribution in [2.24, 2.45) is 5.73 Å². The quantitative estimate of drug-likeness (QED) is 0.857. The molecule has 108 valence electrons. The second-order valence-corrected chi connectivity index (χ2v) is 7.10. The van der Waals surface area contributed by atoms with E-state index in [0.29, 0.717) is 13.1 Å². The van der Waals surface area contributed by atoms with E-state index < -0.39 is 10.0 Å². The van der Waals surface area contributed by atoms with Gasteiger partial charge in [-0.15, -0.1) is 0 Å². The van der Waals surface area contributed by atoms with Crippen molar-refractivity contribution in [2.75, 3.05) is 6.54 Å². The smallest absolute Gasteiger partial charge is 0.240 e. The Labute approximate surface area is 123 Å². The van der Waals surface area contributed by atoms with Gasteiger partial charge in [0.05, 0.1) is 4.90 Å². The highest BCUT2D eigenvalue weighted by atomic mass is 32.2. The molecule has 1 aromatic carbocycles. The van der Waals surface area contributed by atoms with E-state index in [4.69, 9.17) is 5.73 Å². The van der Waals surface area contributed by atoms with Crippen LogP contribution in [-0.4, -0.2) is 15.0 Å². The van der Waals surface area contributed by atoms with Crippen LogP contribution in [0.4, 0.5) is 0 Å². The van der Waals surface area contributed by atoms with E-state index in [9.17, 15) is 8.42 Å².